The minimum atomic E-state index is 0.483. The Morgan fingerprint density at radius 2 is 2.42 bits per heavy atom. The Bertz CT molecular complexity index is 538. The van der Waals surface area contributed by atoms with Crippen molar-refractivity contribution in [2.45, 2.75) is 38.6 Å². The fourth-order valence-electron chi connectivity index (χ4n) is 2.46. The molecular formula is C14H18N4S. The van der Waals surface area contributed by atoms with E-state index in [0.29, 0.717) is 6.04 Å². The number of nitrogens with zero attached hydrogens (tertiary/aromatic N) is 3. The van der Waals surface area contributed by atoms with Crippen LogP contribution in [-0.2, 0) is 6.42 Å². The molecule has 19 heavy (non-hydrogen) atoms. The van der Waals surface area contributed by atoms with Crippen LogP contribution in [0.2, 0.25) is 0 Å². The Morgan fingerprint density at radius 1 is 1.47 bits per heavy atom. The molecule has 2 aromatic heterocycles. The molecule has 0 aliphatic heterocycles. The first-order valence-corrected chi connectivity index (χ1v) is 7.69. The lowest BCUT2D eigenvalue weighted by Crippen LogP contribution is -2.24. The third kappa shape index (κ3) is 2.67. The van der Waals surface area contributed by atoms with E-state index in [2.05, 4.69) is 22.2 Å². The van der Waals surface area contributed by atoms with E-state index in [1.807, 2.05) is 6.07 Å². The SMILES string of the molecule is CCCNC1CCCc2nc(-c3ccncn3)sc21. The van der Waals surface area contributed by atoms with E-state index in [1.165, 1.54) is 29.8 Å². The molecule has 0 spiro atoms. The van der Waals surface area contributed by atoms with Crippen LogP contribution in [0.3, 0.4) is 0 Å². The standard InChI is InChI=1S/C14H18N4S/c1-2-7-16-10-4-3-5-11-13(10)19-14(18-11)12-6-8-15-9-17-12/h6,8-10,16H,2-5,7H2,1H3. The average Bonchev–Trinajstić information content (AvgIpc) is 2.90. The summed E-state index contributed by atoms with van der Waals surface area (Å²) in [6.07, 6.45) is 8.07. The van der Waals surface area contributed by atoms with E-state index >= 15 is 0 Å². The van der Waals surface area contributed by atoms with Gasteiger partial charge in [-0.15, -0.1) is 11.3 Å². The summed E-state index contributed by atoms with van der Waals surface area (Å²) in [7, 11) is 0. The molecule has 1 aliphatic carbocycles. The molecule has 0 saturated carbocycles. The summed E-state index contributed by atoms with van der Waals surface area (Å²) in [4.78, 5) is 14.4. The topological polar surface area (TPSA) is 50.7 Å². The largest absolute Gasteiger partial charge is 0.309 e. The van der Waals surface area contributed by atoms with Crippen molar-refractivity contribution in [3.8, 4) is 10.7 Å². The van der Waals surface area contributed by atoms with Crippen LogP contribution < -0.4 is 5.32 Å². The predicted molar refractivity (Wildman–Crippen MR) is 77.1 cm³/mol. The molecule has 0 radical (unpaired) electrons. The van der Waals surface area contributed by atoms with Crippen LogP contribution in [0.5, 0.6) is 0 Å². The highest BCUT2D eigenvalue weighted by Crippen LogP contribution is 2.37. The molecule has 1 atom stereocenters. The van der Waals surface area contributed by atoms with E-state index in [-0.39, 0.29) is 0 Å². The summed E-state index contributed by atoms with van der Waals surface area (Å²) in [6.45, 7) is 3.28. The van der Waals surface area contributed by atoms with Gasteiger partial charge >= 0.3 is 0 Å². The van der Waals surface area contributed by atoms with Crippen molar-refractivity contribution in [2.75, 3.05) is 6.54 Å². The smallest absolute Gasteiger partial charge is 0.142 e. The van der Waals surface area contributed by atoms with Crippen LogP contribution >= 0.6 is 11.3 Å². The summed E-state index contributed by atoms with van der Waals surface area (Å²) < 4.78 is 0. The maximum absolute atomic E-state index is 4.77. The molecule has 0 bridgehead atoms. The lowest BCUT2D eigenvalue weighted by molar-refractivity contribution is 0.465. The Hall–Kier alpha value is -1.33. The lowest BCUT2D eigenvalue weighted by Gasteiger charge is -2.22. The second-order valence-corrected chi connectivity index (χ2v) is 5.85. The fraction of sp³-hybridized carbons (Fsp3) is 0.500. The van der Waals surface area contributed by atoms with Crippen molar-refractivity contribution in [2.24, 2.45) is 0 Å². The molecule has 5 heteroatoms. The summed E-state index contributed by atoms with van der Waals surface area (Å²) >= 11 is 1.78. The fourth-order valence-corrected chi connectivity index (χ4v) is 3.66. The van der Waals surface area contributed by atoms with Gasteiger partial charge in [-0.2, -0.15) is 0 Å². The van der Waals surface area contributed by atoms with Crippen molar-refractivity contribution in [1.82, 2.24) is 20.3 Å². The minimum absolute atomic E-state index is 0.483. The number of thiazole rings is 1. The van der Waals surface area contributed by atoms with E-state index in [9.17, 15) is 0 Å². The Labute approximate surface area is 117 Å². The maximum Gasteiger partial charge on any atom is 0.142 e. The molecule has 1 unspecified atom stereocenters. The number of rotatable bonds is 4. The van der Waals surface area contributed by atoms with Crippen molar-refractivity contribution in [3.05, 3.63) is 29.2 Å². The number of aryl methyl sites for hydroxylation is 1. The first-order valence-electron chi connectivity index (χ1n) is 6.88. The lowest BCUT2D eigenvalue weighted by atomic mass is 9.98. The van der Waals surface area contributed by atoms with Crippen LogP contribution in [-0.4, -0.2) is 21.5 Å². The van der Waals surface area contributed by atoms with Gasteiger partial charge in [0.1, 0.15) is 17.0 Å². The van der Waals surface area contributed by atoms with Crippen LogP contribution in [0.25, 0.3) is 10.7 Å². The van der Waals surface area contributed by atoms with Gasteiger partial charge < -0.3 is 5.32 Å². The molecule has 2 heterocycles. The number of hydrogen-bond donors (Lipinski definition) is 1. The van der Waals surface area contributed by atoms with Crippen molar-refractivity contribution in [3.63, 3.8) is 0 Å². The van der Waals surface area contributed by atoms with E-state index in [4.69, 9.17) is 4.98 Å². The summed E-state index contributed by atoms with van der Waals surface area (Å²) in [5.41, 5.74) is 2.20. The molecule has 2 aromatic rings. The highest BCUT2D eigenvalue weighted by Gasteiger charge is 2.24. The van der Waals surface area contributed by atoms with Gasteiger partial charge in [-0.25, -0.2) is 15.0 Å². The van der Waals surface area contributed by atoms with Gasteiger partial charge in [-0.1, -0.05) is 6.92 Å². The molecule has 1 aliphatic rings. The summed E-state index contributed by atoms with van der Waals surface area (Å²) in [6, 6.07) is 2.41. The first-order chi connectivity index (χ1) is 9.38. The van der Waals surface area contributed by atoms with Crippen molar-refractivity contribution in [1.29, 1.82) is 0 Å². The Balaban J connectivity index is 1.89. The van der Waals surface area contributed by atoms with E-state index in [1.54, 1.807) is 23.9 Å². The van der Waals surface area contributed by atoms with Gasteiger partial charge in [0, 0.05) is 17.1 Å². The molecule has 1 N–H and O–H groups in total. The normalized spacial score (nSPS) is 18.3. The van der Waals surface area contributed by atoms with Crippen LogP contribution in [0.1, 0.15) is 42.8 Å². The van der Waals surface area contributed by atoms with Gasteiger partial charge in [0.15, 0.2) is 0 Å². The van der Waals surface area contributed by atoms with Crippen LogP contribution in [0.15, 0.2) is 18.6 Å². The second kappa shape index (κ2) is 5.75. The first kappa shape index (κ1) is 12.7. The second-order valence-electron chi connectivity index (χ2n) is 4.82. The quantitative estimate of drug-likeness (QED) is 0.931. The predicted octanol–water partition coefficient (Wildman–Crippen LogP) is 2.98. The van der Waals surface area contributed by atoms with Gasteiger partial charge in [0.2, 0.25) is 0 Å². The third-order valence-electron chi connectivity index (χ3n) is 3.39. The zero-order chi connectivity index (χ0) is 13.1. The average molecular weight is 274 g/mol. The molecular weight excluding hydrogens is 256 g/mol. The number of aromatic nitrogens is 3. The third-order valence-corrected chi connectivity index (χ3v) is 4.63. The molecule has 0 fully saturated rings. The molecule has 3 rings (SSSR count). The maximum atomic E-state index is 4.77. The summed E-state index contributed by atoms with van der Waals surface area (Å²) in [5, 5.41) is 4.66. The van der Waals surface area contributed by atoms with E-state index in [0.717, 1.165) is 23.7 Å². The van der Waals surface area contributed by atoms with Crippen molar-refractivity contribution >= 4 is 11.3 Å². The van der Waals surface area contributed by atoms with E-state index < -0.39 is 0 Å². The number of fused-ring (bicyclic) bond motifs is 1. The highest BCUT2D eigenvalue weighted by molar-refractivity contribution is 7.15. The van der Waals surface area contributed by atoms with Crippen LogP contribution in [0, 0.1) is 0 Å². The van der Waals surface area contributed by atoms with Gasteiger partial charge in [-0.05, 0) is 38.3 Å². The van der Waals surface area contributed by atoms with Gasteiger partial charge in [-0.3, -0.25) is 0 Å². The number of hydrogen-bond acceptors (Lipinski definition) is 5. The Morgan fingerprint density at radius 3 is 3.21 bits per heavy atom. The zero-order valence-electron chi connectivity index (χ0n) is 11.1. The minimum Gasteiger partial charge on any atom is -0.309 e. The zero-order valence-corrected chi connectivity index (χ0v) is 11.9. The molecule has 0 aromatic carbocycles. The van der Waals surface area contributed by atoms with Crippen LogP contribution in [0.4, 0.5) is 0 Å². The van der Waals surface area contributed by atoms with Gasteiger partial charge in [0.05, 0.1) is 5.69 Å². The molecule has 4 nitrogen and oxygen atoms in total. The molecule has 0 amide bonds. The summed E-state index contributed by atoms with van der Waals surface area (Å²) in [5.74, 6) is 0. The Kier molecular flexibility index (Phi) is 3.84. The molecule has 100 valence electrons. The monoisotopic (exact) mass is 274 g/mol. The highest BCUT2D eigenvalue weighted by atomic mass is 32.1. The molecule has 0 saturated heterocycles. The number of nitrogens with one attached hydrogen (secondary N) is 1. The van der Waals surface area contributed by atoms with Gasteiger partial charge in [0.25, 0.3) is 0 Å². The van der Waals surface area contributed by atoms with Crippen molar-refractivity contribution < 1.29 is 0 Å².